The SMILES string of the molecule is CCCc1ccccc1O[Si](C)(C)OCCCC(C)C. The lowest BCUT2D eigenvalue weighted by atomic mass is 10.1. The molecule has 0 aliphatic rings. The molecule has 0 fully saturated rings. The number of hydrogen-bond acceptors (Lipinski definition) is 2. The molecule has 0 spiro atoms. The van der Waals surface area contributed by atoms with Gasteiger partial charge in [0, 0.05) is 6.61 Å². The van der Waals surface area contributed by atoms with E-state index in [1.54, 1.807) is 0 Å². The Kier molecular flexibility index (Phi) is 7.31. The zero-order valence-electron chi connectivity index (χ0n) is 13.7. The van der Waals surface area contributed by atoms with Crippen LogP contribution in [0.2, 0.25) is 13.1 Å². The molecule has 0 saturated carbocycles. The predicted octanol–water partition coefficient (Wildman–Crippen LogP) is 5.17. The van der Waals surface area contributed by atoms with Crippen LogP contribution in [0.4, 0.5) is 0 Å². The van der Waals surface area contributed by atoms with Crippen LogP contribution in [0, 0.1) is 5.92 Å². The van der Waals surface area contributed by atoms with Crippen molar-refractivity contribution in [3.8, 4) is 5.75 Å². The molecule has 0 unspecified atom stereocenters. The van der Waals surface area contributed by atoms with Crippen molar-refractivity contribution in [3.63, 3.8) is 0 Å². The molecule has 0 amide bonds. The van der Waals surface area contributed by atoms with E-state index in [0.717, 1.165) is 37.5 Å². The number of para-hydroxylation sites is 1. The summed E-state index contributed by atoms with van der Waals surface area (Å²) in [6.07, 6.45) is 4.54. The predicted molar refractivity (Wildman–Crippen MR) is 88.6 cm³/mol. The highest BCUT2D eigenvalue weighted by Crippen LogP contribution is 2.23. The Balaban J connectivity index is 2.52. The standard InChI is InChI=1S/C17H30O2Si/c1-6-10-16-12-7-8-13-17(16)19-20(4,5)18-14-9-11-15(2)3/h7-8,12-13,15H,6,9-11,14H2,1-5H3. The van der Waals surface area contributed by atoms with E-state index < -0.39 is 8.56 Å². The number of rotatable bonds is 9. The van der Waals surface area contributed by atoms with Crippen LogP contribution in [0.5, 0.6) is 5.75 Å². The second kappa shape index (κ2) is 8.48. The Bertz CT molecular complexity index is 388. The molecule has 0 radical (unpaired) electrons. The molecule has 0 N–H and O–H groups in total. The van der Waals surface area contributed by atoms with Gasteiger partial charge < -0.3 is 8.85 Å². The lowest BCUT2D eigenvalue weighted by molar-refractivity contribution is 0.236. The van der Waals surface area contributed by atoms with E-state index in [0.29, 0.717) is 0 Å². The second-order valence-corrected chi connectivity index (χ2v) is 9.54. The molecule has 0 aliphatic carbocycles. The quantitative estimate of drug-likeness (QED) is 0.462. The molecule has 114 valence electrons. The zero-order valence-corrected chi connectivity index (χ0v) is 14.7. The van der Waals surface area contributed by atoms with Crippen molar-refractivity contribution < 1.29 is 8.85 Å². The Morgan fingerprint density at radius 3 is 2.50 bits per heavy atom. The maximum absolute atomic E-state index is 6.21. The smallest absolute Gasteiger partial charge is 0.392 e. The molecular formula is C17H30O2Si. The van der Waals surface area contributed by atoms with Crippen LogP contribution in [-0.2, 0) is 10.8 Å². The van der Waals surface area contributed by atoms with E-state index in [4.69, 9.17) is 8.85 Å². The van der Waals surface area contributed by atoms with Crippen molar-refractivity contribution in [2.75, 3.05) is 6.61 Å². The monoisotopic (exact) mass is 294 g/mol. The van der Waals surface area contributed by atoms with Crippen molar-refractivity contribution >= 4 is 8.56 Å². The average molecular weight is 295 g/mol. The number of hydrogen-bond donors (Lipinski definition) is 0. The lowest BCUT2D eigenvalue weighted by Crippen LogP contribution is -2.39. The highest BCUT2D eigenvalue weighted by atomic mass is 28.4. The van der Waals surface area contributed by atoms with Gasteiger partial charge in [0.25, 0.3) is 0 Å². The summed E-state index contributed by atoms with van der Waals surface area (Å²) >= 11 is 0. The third kappa shape index (κ3) is 6.57. The molecule has 0 atom stereocenters. The van der Waals surface area contributed by atoms with Gasteiger partial charge in [-0.2, -0.15) is 0 Å². The largest absolute Gasteiger partial charge is 0.520 e. The summed E-state index contributed by atoms with van der Waals surface area (Å²) in [4.78, 5) is 0. The highest BCUT2D eigenvalue weighted by Gasteiger charge is 2.27. The van der Waals surface area contributed by atoms with E-state index in [1.165, 1.54) is 12.0 Å². The average Bonchev–Trinajstić information content (AvgIpc) is 2.37. The fourth-order valence-corrected chi connectivity index (χ4v) is 3.61. The van der Waals surface area contributed by atoms with Gasteiger partial charge in [-0.25, -0.2) is 0 Å². The van der Waals surface area contributed by atoms with E-state index in [2.05, 4.69) is 52.1 Å². The molecule has 0 saturated heterocycles. The minimum Gasteiger partial charge on any atom is -0.520 e. The first-order valence-electron chi connectivity index (χ1n) is 7.85. The maximum Gasteiger partial charge on any atom is 0.392 e. The van der Waals surface area contributed by atoms with Gasteiger partial charge in [0.05, 0.1) is 0 Å². The Hall–Kier alpha value is -0.803. The zero-order chi connectivity index (χ0) is 15.0. The van der Waals surface area contributed by atoms with Gasteiger partial charge in [0.2, 0.25) is 0 Å². The Labute approximate surface area is 125 Å². The van der Waals surface area contributed by atoms with Crippen LogP contribution in [0.15, 0.2) is 24.3 Å². The maximum atomic E-state index is 6.21. The summed E-state index contributed by atoms with van der Waals surface area (Å²) in [5, 5.41) is 0. The molecule has 0 heterocycles. The van der Waals surface area contributed by atoms with E-state index in [1.807, 2.05) is 6.07 Å². The summed E-state index contributed by atoms with van der Waals surface area (Å²) in [7, 11) is -2.08. The molecule has 0 aliphatic heterocycles. The second-order valence-electron chi connectivity index (χ2n) is 6.24. The molecule has 1 aromatic carbocycles. The van der Waals surface area contributed by atoms with Gasteiger partial charge in [-0.1, -0.05) is 45.4 Å². The fourth-order valence-electron chi connectivity index (χ4n) is 2.18. The molecule has 1 rings (SSSR count). The Morgan fingerprint density at radius 2 is 1.85 bits per heavy atom. The molecule has 0 aromatic heterocycles. The molecule has 20 heavy (non-hydrogen) atoms. The van der Waals surface area contributed by atoms with Crippen LogP contribution in [0.3, 0.4) is 0 Å². The normalized spacial score (nSPS) is 11.9. The van der Waals surface area contributed by atoms with Gasteiger partial charge in [0.1, 0.15) is 5.75 Å². The third-order valence-electron chi connectivity index (χ3n) is 3.22. The Morgan fingerprint density at radius 1 is 1.15 bits per heavy atom. The van der Waals surface area contributed by atoms with E-state index >= 15 is 0 Å². The van der Waals surface area contributed by atoms with Crippen LogP contribution in [0.1, 0.15) is 45.6 Å². The van der Waals surface area contributed by atoms with Crippen molar-refractivity contribution in [2.24, 2.45) is 5.92 Å². The molecular weight excluding hydrogens is 264 g/mol. The number of aryl methyl sites for hydroxylation is 1. The van der Waals surface area contributed by atoms with Gasteiger partial charge in [-0.3, -0.25) is 0 Å². The first-order chi connectivity index (χ1) is 9.44. The summed E-state index contributed by atoms with van der Waals surface area (Å²) < 4.78 is 12.2. The molecule has 2 nitrogen and oxygen atoms in total. The summed E-state index contributed by atoms with van der Waals surface area (Å²) in [5.41, 5.74) is 1.29. The van der Waals surface area contributed by atoms with E-state index in [-0.39, 0.29) is 0 Å². The minimum atomic E-state index is -2.08. The molecule has 3 heteroatoms. The fraction of sp³-hybridized carbons (Fsp3) is 0.647. The third-order valence-corrected chi connectivity index (χ3v) is 4.83. The molecule has 1 aromatic rings. The molecule has 0 bridgehead atoms. The van der Waals surface area contributed by atoms with Gasteiger partial charge in [-0.15, -0.1) is 0 Å². The topological polar surface area (TPSA) is 18.5 Å². The summed E-state index contributed by atoms with van der Waals surface area (Å²) in [5.74, 6) is 1.75. The van der Waals surface area contributed by atoms with Crippen molar-refractivity contribution in [2.45, 2.75) is 59.5 Å². The minimum absolute atomic E-state index is 0.745. The van der Waals surface area contributed by atoms with Crippen LogP contribution >= 0.6 is 0 Å². The summed E-state index contributed by atoms with van der Waals surface area (Å²) in [6.45, 7) is 11.8. The van der Waals surface area contributed by atoms with Crippen molar-refractivity contribution in [1.29, 1.82) is 0 Å². The van der Waals surface area contributed by atoms with Crippen molar-refractivity contribution in [1.82, 2.24) is 0 Å². The van der Waals surface area contributed by atoms with Gasteiger partial charge in [0.15, 0.2) is 0 Å². The van der Waals surface area contributed by atoms with Gasteiger partial charge in [-0.05, 0) is 49.9 Å². The van der Waals surface area contributed by atoms with Gasteiger partial charge >= 0.3 is 8.56 Å². The van der Waals surface area contributed by atoms with Crippen LogP contribution in [0.25, 0.3) is 0 Å². The first kappa shape index (κ1) is 17.2. The van der Waals surface area contributed by atoms with Crippen LogP contribution < -0.4 is 4.43 Å². The van der Waals surface area contributed by atoms with Crippen molar-refractivity contribution in [3.05, 3.63) is 29.8 Å². The summed E-state index contributed by atoms with van der Waals surface area (Å²) in [6, 6.07) is 8.34. The van der Waals surface area contributed by atoms with Crippen LogP contribution in [-0.4, -0.2) is 15.2 Å². The highest BCUT2D eigenvalue weighted by molar-refractivity contribution is 6.65. The lowest BCUT2D eigenvalue weighted by Gasteiger charge is -2.25. The number of benzene rings is 1. The first-order valence-corrected chi connectivity index (χ1v) is 10.7. The van der Waals surface area contributed by atoms with E-state index in [9.17, 15) is 0 Å².